The summed E-state index contributed by atoms with van der Waals surface area (Å²) in [5.74, 6) is -1.99. The van der Waals surface area contributed by atoms with Gasteiger partial charge in [-0.25, -0.2) is 4.79 Å². The van der Waals surface area contributed by atoms with Gasteiger partial charge in [0.1, 0.15) is 13.2 Å². The normalized spacial score (nSPS) is 12.7. The molecule has 78 heavy (non-hydrogen) atoms. The highest BCUT2D eigenvalue weighted by Crippen LogP contribution is 2.19. The molecule has 0 aromatic rings. The summed E-state index contributed by atoms with van der Waals surface area (Å²) < 4.78 is 22.9. The molecule has 2 unspecified atom stereocenters. The third-order valence-corrected chi connectivity index (χ3v) is 15.8. The summed E-state index contributed by atoms with van der Waals surface area (Å²) in [6.07, 6.45) is 70.6. The number of carbonyl (C=O) groups is 3. The van der Waals surface area contributed by atoms with Gasteiger partial charge in [0.25, 0.3) is 6.29 Å². The molecule has 0 spiro atoms. The van der Waals surface area contributed by atoms with E-state index in [1.807, 2.05) is 21.1 Å². The molecule has 0 rings (SSSR count). The Morgan fingerprint density at radius 2 is 0.654 bits per heavy atom. The van der Waals surface area contributed by atoms with Crippen LogP contribution in [0.25, 0.3) is 0 Å². The third-order valence-electron chi connectivity index (χ3n) is 15.8. The molecule has 0 aromatic heterocycles. The van der Waals surface area contributed by atoms with Gasteiger partial charge in [0.15, 0.2) is 6.10 Å². The molecule has 0 aliphatic carbocycles. The zero-order chi connectivity index (χ0) is 56.9. The number of nitrogens with zero attached hydrogens (tertiary/aromatic N) is 1. The fourth-order valence-corrected chi connectivity index (χ4v) is 10.5. The van der Waals surface area contributed by atoms with E-state index in [4.69, 9.17) is 18.9 Å². The first-order chi connectivity index (χ1) is 38.1. The number of allylic oxidation sites excluding steroid dienone is 2. The topological polar surface area (TPSA) is 108 Å². The van der Waals surface area contributed by atoms with E-state index in [0.717, 1.165) is 51.4 Å². The largest absolute Gasteiger partial charge is 0.477 e. The number of unbranched alkanes of at least 4 members (excludes halogenated alkanes) is 48. The van der Waals surface area contributed by atoms with Crippen LogP contribution in [0, 0.1) is 0 Å². The molecule has 0 bridgehead atoms. The van der Waals surface area contributed by atoms with Crippen LogP contribution in [0.3, 0.4) is 0 Å². The summed E-state index contributed by atoms with van der Waals surface area (Å²) >= 11 is 0. The number of likely N-dealkylation sites (N-methyl/N-ethyl adjacent to an activating group) is 1. The van der Waals surface area contributed by atoms with E-state index in [1.165, 1.54) is 270 Å². The second-order valence-corrected chi connectivity index (χ2v) is 24.8. The lowest BCUT2D eigenvalue weighted by Crippen LogP contribution is -2.40. The average molecular weight is 1110 g/mol. The molecular formula is C69H134NO8+. The Hall–Kier alpha value is -1.97. The highest BCUT2D eigenvalue weighted by molar-refractivity contribution is 5.71. The van der Waals surface area contributed by atoms with Crippen LogP contribution in [-0.2, 0) is 33.3 Å². The lowest BCUT2D eigenvalue weighted by molar-refractivity contribution is -0.870. The van der Waals surface area contributed by atoms with Crippen LogP contribution >= 0.6 is 0 Å². The summed E-state index contributed by atoms with van der Waals surface area (Å²) in [6, 6.07) is 0. The van der Waals surface area contributed by atoms with Gasteiger partial charge < -0.3 is 28.5 Å². The van der Waals surface area contributed by atoms with E-state index in [9.17, 15) is 19.5 Å². The van der Waals surface area contributed by atoms with Gasteiger partial charge in [-0.15, -0.1) is 0 Å². The highest BCUT2D eigenvalue weighted by atomic mass is 16.7. The van der Waals surface area contributed by atoms with Crippen molar-refractivity contribution in [3.8, 4) is 0 Å². The van der Waals surface area contributed by atoms with Gasteiger partial charge in [0, 0.05) is 12.8 Å². The number of carbonyl (C=O) groups excluding carboxylic acids is 2. The molecule has 0 aliphatic rings. The minimum Gasteiger partial charge on any atom is -0.477 e. The second kappa shape index (κ2) is 61.1. The van der Waals surface area contributed by atoms with E-state index in [-0.39, 0.29) is 32.2 Å². The SMILES string of the molecule is CCCCCCCCC/C=C\CCCCCCCC(=O)OC(COC(=O)CCCCCCCCCCCCCCCCCCCCCCCCCCCCCCCCCCCCCCC)COC(OCC[N+](C)(C)C)C(=O)O. The van der Waals surface area contributed by atoms with E-state index in [1.54, 1.807) is 0 Å². The van der Waals surface area contributed by atoms with E-state index >= 15 is 0 Å². The van der Waals surface area contributed by atoms with Crippen molar-refractivity contribution in [2.24, 2.45) is 0 Å². The fraction of sp³-hybridized carbons (Fsp3) is 0.928. The minimum atomic E-state index is -1.51. The smallest absolute Gasteiger partial charge is 0.361 e. The minimum absolute atomic E-state index is 0.179. The molecule has 0 heterocycles. The number of rotatable bonds is 65. The number of hydrogen-bond donors (Lipinski definition) is 1. The van der Waals surface area contributed by atoms with Crippen molar-refractivity contribution in [3.05, 3.63) is 12.2 Å². The Morgan fingerprint density at radius 1 is 0.372 bits per heavy atom. The first-order valence-electron chi connectivity index (χ1n) is 34.4. The molecule has 9 nitrogen and oxygen atoms in total. The Kier molecular flexibility index (Phi) is 59.6. The summed E-state index contributed by atoms with van der Waals surface area (Å²) in [5, 5.41) is 9.71. The Balaban J connectivity index is 3.92. The van der Waals surface area contributed by atoms with Gasteiger partial charge in [0.05, 0.1) is 34.4 Å². The maximum absolute atomic E-state index is 12.9. The lowest BCUT2D eigenvalue weighted by atomic mass is 10.0. The molecule has 462 valence electrons. The van der Waals surface area contributed by atoms with Crippen LogP contribution < -0.4 is 0 Å². The van der Waals surface area contributed by atoms with Crippen molar-refractivity contribution in [1.82, 2.24) is 0 Å². The van der Waals surface area contributed by atoms with Gasteiger partial charge in [-0.2, -0.15) is 0 Å². The van der Waals surface area contributed by atoms with E-state index < -0.39 is 24.3 Å². The van der Waals surface area contributed by atoms with Crippen LogP contribution in [-0.4, -0.2) is 87.4 Å². The number of carboxylic acid groups (broad SMARTS) is 1. The quantitative estimate of drug-likeness (QED) is 0.0211. The number of quaternary nitrogens is 1. The molecule has 0 radical (unpaired) electrons. The van der Waals surface area contributed by atoms with Crippen molar-refractivity contribution >= 4 is 17.9 Å². The van der Waals surface area contributed by atoms with Crippen LogP contribution in [0.15, 0.2) is 12.2 Å². The van der Waals surface area contributed by atoms with Crippen LogP contribution in [0.4, 0.5) is 0 Å². The standard InChI is InChI=1S/C69H133NO8/c1-6-8-10-12-14-16-18-20-22-24-25-26-27-28-29-30-31-32-33-34-35-36-37-38-39-40-41-42-43-44-46-47-49-51-53-55-57-59-66(71)76-63-65(64-77-69(68(73)74)75-62-61-70(3,4)5)78-67(72)60-58-56-54-52-50-48-45-23-21-19-17-15-13-11-9-7-2/h23,45,65,69H,6-22,24-44,46-64H2,1-5H3/p+1/b45-23-. The first-order valence-corrected chi connectivity index (χ1v) is 34.4. The zero-order valence-electron chi connectivity index (χ0n) is 52.9. The summed E-state index contributed by atoms with van der Waals surface area (Å²) in [4.78, 5) is 37.5. The number of ether oxygens (including phenoxy) is 4. The predicted molar refractivity (Wildman–Crippen MR) is 332 cm³/mol. The molecular weight excluding hydrogens is 971 g/mol. The average Bonchev–Trinajstić information content (AvgIpc) is 3.41. The Bertz CT molecular complexity index is 1280. The number of aliphatic carboxylic acids is 1. The van der Waals surface area contributed by atoms with E-state index in [2.05, 4.69) is 26.0 Å². The molecule has 0 saturated carbocycles. The maximum atomic E-state index is 12.9. The monoisotopic (exact) mass is 1110 g/mol. The van der Waals surface area contributed by atoms with Gasteiger partial charge >= 0.3 is 17.9 Å². The zero-order valence-corrected chi connectivity index (χ0v) is 52.9. The molecule has 0 amide bonds. The predicted octanol–water partition coefficient (Wildman–Crippen LogP) is 20.9. The van der Waals surface area contributed by atoms with Gasteiger partial charge in [-0.1, -0.05) is 315 Å². The number of esters is 2. The third kappa shape index (κ3) is 61.6. The molecule has 0 fully saturated rings. The van der Waals surface area contributed by atoms with Crippen molar-refractivity contribution in [2.45, 2.75) is 367 Å². The fourth-order valence-electron chi connectivity index (χ4n) is 10.5. The van der Waals surface area contributed by atoms with Crippen LogP contribution in [0.2, 0.25) is 0 Å². The number of hydrogen-bond acceptors (Lipinski definition) is 7. The van der Waals surface area contributed by atoms with Crippen molar-refractivity contribution in [2.75, 3.05) is 47.5 Å². The van der Waals surface area contributed by atoms with E-state index in [0.29, 0.717) is 23.9 Å². The van der Waals surface area contributed by atoms with Crippen LogP contribution in [0.5, 0.6) is 0 Å². The van der Waals surface area contributed by atoms with Crippen LogP contribution in [0.1, 0.15) is 354 Å². The molecule has 0 saturated heterocycles. The Labute approximate surface area is 485 Å². The highest BCUT2D eigenvalue weighted by Gasteiger charge is 2.25. The lowest BCUT2D eigenvalue weighted by Gasteiger charge is -2.25. The van der Waals surface area contributed by atoms with Gasteiger partial charge in [-0.3, -0.25) is 9.59 Å². The van der Waals surface area contributed by atoms with Crippen molar-refractivity contribution in [1.29, 1.82) is 0 Å². The van der Waals surface area contributed by atoms with Gasteiger partial charge in [0.2, 0.25) is 0 Å². The summed E-state index contributed by atoms with van der Waals surface area (Å²) in [5.41, 5.74) is 0. The molecule has 0 aliphatic heterocycles. The maximum Gasteiger partial charge on any atom is 0.361 e. The summed E-state index contributed by atoms with van der Waals surface area (Å²) in [6.45, 7) is 4.93. The number of carboxylic acids is 1. The molecule has 9 heteroatoms. The van der Waals surface area contributed by atoms with Crippen molar-refractivity contribution < 1.29 is 42.9 Å². The molecule has 2 atom stereocenters. The Morgan fingerprint density at radius 3 is 0.949 bits per heavy atom. The van der Waals surface area contributed by atoms with Crippen molar-refractivity contribution in [3.63, 3.8) is 0 Å². The molecule has 1 N–H and O–H groups in total. The molecule has 0 aromatic carbocycles. The second-order valence-electron chi connectivity index (χ2n) is 24.8. The first kappa shape index (κ1) is 76.0. The van der Waals surface area contributed by atoms with Gasteiger partial charge in [-0.05, 0) is 38.5 Å². The summed E-state index contributed by atoms with van der Waals surface area (Å²) in [7, 11) is 5.98.